The van der Waals surface area contributed by atoms with Crippen LogP contribution in [0, 0.1) is 16.0 Å². The van der Waals surface area contributed by atoms with Crippen LogP contribution in [0.2, 0.25) is 0 Å². The fourth-order valence-corrected chi connectivity index (χ4v) is 3.95. The van der Waals surface area contributed by atoms with E-state index >= 15 is 0 Å². The minimum absolute atomic E-state index is 0.0583. The Morgan fingerprint density at radius 1 is 1.27 bits per heavy atom. The van der Waals surface area contributed by atoms with E-state index in [9.17, 15) is 14.9 Å². The van der Waals surface area contributed by atoms with Gasteiger partial charge in [-0.05, 0) is 42.4 Å². The summed E-state index contributed by atoms with van der Waals surface area (Å²) in [5.74, 6) is 1.24. The molecule has 1 amide bonds. The number of nitrogens with one attached hydrogen (secondary N) is 1. The third-order valence-electron chi connectivity index (χ3n) is 4.30. The number of carbonyl (C=O) groups is 1. The van der Waals surface area contributed by atoms with E-state index in [1.54, 1.807) is 35.3 Å². The molecule has 0 aliphatic rings. The molecular formula is C21H23N5O3S. The van der Waals surface area contributed by atoms with E-state index in [4.69, 9.17) is 0 Å². The van der Waals surface area contributed by atoms with Crippen LogP contribution in [-0.4, -0.2) is 31.3 Å². The first-order chi connectivity index (χ1) is 14.4. The van der Waals surface area contributed by atoms with Crippen LogP contribution in [0.1, 0.15) is 36.3 Å². The second-order valence-corrected chi connectivity index (χ2v) is 8.28. The summed E-state index contributed by atoms with van der Waals surface area (Å²) in [6.07, 6.45) is 4.41. The van der Waals surface area contributed by atoms with Gasteiger partial charge in [0.15, 0.2) is 5.82 Å². The highest BCUT2D eigenvalue weighted by molar-refractivity contribution is 7.99. The van der Waals surface area contributed by atoms with Crippen molar-refractivity contribution in [2.45, 2.75) is 31.7 Å². The Bertz CT molecular complexity index is 1020. The standard InChI is InChI=1S/C21H23N5O3S/c1-15(2)9-12-30-19-7-6-16(13-18(19)26(28)29)21(27)23-20-8-11-25(24-20)14-17-5-3-4-10-22-17/h3-8,10-11,13,15H,9,12,14H2,1-2H3,(H,23,24,27). The summed E-state index contributed by atoms with van der Waals surface area (Å²) in [7, 11) is 0. The van der Waals surface area contributed by atoms with Crippen LogP contribution in [0.15, 0.2) is 59.8 Å². The maximum atomic E-state index is 12.6. The zero-order chi connectivity index (χ0) is 21.5. The molecule has 0 saturated carbocycles. The predicted octanol–water partition coefficient (Wildman–Crippen LogP) is 4.63. The minimum atomic E-state index is -0.448. The van der Waals surface area contributed by atoms with Crippen LogP contribution in [-0.2, 0) is 6.54 Å². The number of benzene rings is 1. The van der Waals surface area contributed by atoms with Crippen LogP contribution < -0.4 is 5.32 Å². The second kappa shape index (κ2) is 10.0. The van der Waals surface area contributed by atoms with E-state index in [2.05, 4.69) is 29.2 Å². The first-order valence-electron chi connectivity index (χ1n) is 9.58. The molecule has 2 heterocycles. The quantitative estimate of drug-likeness (QED) is 0.305. The number of rotatable bonds is 9. The van der Waals surface area contributed by atoms with E-state index in [0.29, 0.717) is 23.2 Å². The van der Waals surface area contributed by atoms with Crippen LogP contribution in [0.25, 0.3) is 0 Å². The Labute approximate surface area is 178 Å². The molecule has 30 heavy (non-hydrogen) atoms. The molecule has 3 rings (SSSR count). The Balaban J connectivity index is 1.67. The van der Waals surface area contributed by atoms with E-state index in [1.165, 1.54) is 17.8 Å². The molecule has 3 aromatic rings. The van der Waals surface area contributed by atoms with Gasteiger partial charge in [0.25, 0.3) is 11.6 Å². The van der Waals surface area contributed by atoms with Gasteiger partial charge < -0.3 is 5.32 Å². The van der Waals surface area contributed by atoms with Gasteiger partial charge in [0.1, 0.15) is 0 Å². The van der Waals surface area contributed by atoms with E-state index in [1.807, 2.05) is 18.2 Å². The lowest BCUT2D eigenvalue weighted by Crippen LogP contribution is -2.13. The van der Waals surface area contributed by atoms with Crippen molar-refractivity contribution in [3.8, 4) is 0 Å². The Kier molecular flexibility index (Phi) is 7.18. The topological polar surface area (TPSA) is 103 Å². The van der Waals surface area contributed by atoms with Crippen molar-refractivity contribution in [3.05, 3.63) is 76.2 Å². The molecule has 0 radical (unpaired) electrons. The zero-order valence-electron chi connectivity index (χ0n) is 16.8. The highest BCUT2D eigenvalue weighted by Crippen LogP contribution is 2.31. The molecule has 156 valence electrons. The molecule has 0 aliphatic heterocycles. The summed E-state index contributed by atoms with van der Waals surface area (Å²) >= 11 is 1.44. The highest BCUT2D eigenvalue weighted by atomic mass is 32.2. The maximum absolute atomic E-state index is 12.6. The van der Waals surface area contributed by atoms with Crippen molar-refractivity contribution in [3.63, 3.8) is 0 Å². The number of nitro groups is 1. The molecule has 0 unspecified atom stereocenters. The van der Waals surface area contributed by atoms with Gasteiger partial charge in [-0.2, -0.15) is 5.10 Å². The average molecular weight is 426 g/mol. The van der Waals surface area contributed by atoms with Crippen molar-refractivity contribution < 1.29 is 9.72 Å². The van der Waals surface area contributed by atoms with Gasteiger partial charge in [-0.15, -0.1) is 11.8 Å². The van der Waals surface area contributed by atoms with Gasteiger partial charge in [-0.1, -0.05) is 19.9 Å². The summed E-state index contributed by atoms with van der Waals surface area (Å²) in [5, 5.41) is 18.5. The number of thioether (sulfide) groups is 1. The Morgan fingerprint density at radius 3 is 2.80 bits per heavy atom. The van der Waals surface area contributed by atoms with E-state index in [0.717, 1.165) is 17.9 Å². The lowest BCUT2D eigenvalue weighted by molar-refractivity contribution is -0.387. The maximum Gasteiger partial charge on any atom is 0.283 e. The van der Waals surface area contributed by atoms with E-state index in [-0.39, 0.29) is 11.3 Å². The molecule has 0 fully saturated rings. The normalized spacial score (nSPS) is 10.9. The van der Waals surface area contributed by atoms with Gasteiger partial charge in [0.05, 0.1) is 22.1 Å². The van der Waals surface area contributed by atoms with Crippen LogP contribution in [0.3, 0.4) is 0 Å². The summed E-state index contributed by atoms with van der Waals surface area (Å²) in [5.41, 5.74) is 1.01. The smallest absolute Gasteiger partial charge is 0.283 e. The number of nitro benzene ring substituents is 1. The Morgan fingerprint density at radius 2 is 2.10 bits per heavy atom. The number of amides is 1. The first kappa shape index (κ1) is 21.5. The van der Waals surface area contributed by atoms with Crippen molar-refractivity contribution in [2.24, 2.45) is 5.92 Å². The number of pyridine rings is 1. The number of aromatic nitrogens is 3. The van der Waals surface area contributed by atoms with Gasteiger partial charge in [-0.3, -0.25) is 24.6 Å². The molecule has 0 bridgehead atoms. The number of hydrogen-bond acceptors (Lipinski definition) is 6. The van der Waals surface area contributed by atoms with Gasteiger partial charge in [-0.25, -0.2) is 0 Å². The molecular weight excluding hydrogens is 402 g/mol. The molecule has 0 atom stereocenters. The number of anilines is 1. The summed E-state index contributed by atoms with van der Waals surface area (Å²) in [4.78, 5) is 28.4. The third kappa shape index (κ3) is 5.90. The summed E-state index contributed by atoms with van der Waals surface area (Å²) in [6, 6.07) is 11.9. The van der Waals surface area contributed by atoms with Crippen molar-refractivity contribution >= 4 is 29.2 Å². The van der Waals surface area contributed by atoms with Crippen molar-refractivity contribution in [2.75, 3.05) is 11.1 Å². The monoisotopic (exact) mass is 425 g/mol. The minimum Gasteiger partial charge on any atom is -0.305 e. The zero-order valence-corrected chi connectivity index (χ0v) is 17.6. The predicted molar refractivity (Wildman–Crippen MR) is 117 cm³/mol. The molecule has 1 aromatic carbocycles. The summed E-state index contributed by atoms with van der Waals surface area (Å²) in [6.45, 7) is 4.70. The highest BCUT2D eigenvalue weighted by Gasteiger charge is 2.18. The number of nitrogens with zero attached hydrogens (tertiary/aromatic N) is 4. The van der Waals surface area contributed by atoms with Crippen LogP contribution >= 0.6 is 11.8 Å². The largest absolute Gasteiger partial charge is 0.305 e. The summed E-state index contributed by atoms with van der Waals surface area (Å²) < 4.78 is 1.66. The third-order valence-corrected chi connectivity index (χ3v) is 5.40. The second-order valence-electron chi connectivity index (χ2n) is 7.14. The SMILES string of the molecule is CC(C)CCSc1ccc(C(=O)Nc2ccn(Cc3ccccn3)n2)cc1[N+](=O)[O-]. The fourth-order valence-electron chi connectivity index (χ4n) is 2.69. The molecule has 0 spiro atoms. The Hall–Kier alpha value is -3.20. The molecule has 9 heteroatoms. The van der Waals surface area contributed by atoms with E-state index < -0.39 is 10.8 Å². The molecule has 0 aliphatic carbocycles. The fraction of sp³-hybridized carbons (Fsp3) is 0.286. The molecule has 2 aromatic heterocycles. The van der Waals surface area contributed by atoms with Crippen LogP contribution in [0.4, 0.5) is 11.5 Å². The molecule has 8 nitrogen and oxygen atoms in total. The average Bonchev–Trinajstić information content (AvgIpc) is 3.15. The molecule has 0 saturated heterocycles. The number of carbonyl (C=O) groups excluding carboxylic acids is 1. The van der Waals surface area contributed by atoms with Crippen LogP contribution in [0.5, 0.6) is 0 Å². The lowest BCUT2D eigenvalue weighted by Gasteiger charge is -2.07. The number of hydrogen-bond donors (Lipinski definition) is 1. The van der Waals surface area contributed by atoms with Gasteiger partial charge in [0.2, 0.25) is 0 Å². The van der Waals surface area contributed by atoms with Gasteiger partial charge in [0, 0.05) is 30.1 Å². The van der Waals surface area contributed by atoms with Crippen molar-refractivity contribution in [1.29, 1.82) is 0 Å². The molecule has 1 N–H and O–H groups in total. The lowest BCUT2D eigenvalue weighted by atomic mass is 10.2. The first-order valence-corrected chi connectivity index (χ1v) is 10.6. The van der Waals surface area contributed by atoms with Gasteiger partial charge >= 0.3 is 0 Å². The van der Waals surface area contributed by atoms with Crippen molar-refractivity contribution in [1.82, 2.24) is 14.8 Å².